The predicted octanol–water partition coefficient (Wildman–Crippen LogP) is 2.79. The van der Waals surface area contributed by atoms with Crippen LogP contribution in [0, 0.1) is 17.8 Å². The van der Waals surface area contributed by atoms with Gasteiger partial charge in [0, 0.05) is 24.6 Å². The maximum absolute atomic E-state index is 13.7. The van der Waals surface area contributed by atoms with Gasteiger partial charge in [-0.05, 0) is 42.5 Å². The lowest BCUT2D eigenvalue weighted by atomic mass is 9.70. The van der Waals surface area contributed by atoms with Crippen molar-refractivity contribution in [3.63, 3.8) is 0 Å². The molecule has 4 nitrogen and oxygen atoms in total. The van der Waals surface area contributed by atoms with Crippen molar-refractivity contribution in [2.24, 2.45) is 17.8 Å². The molecule has 0 amide bonds. The van der Waals surface area contributed by atoms with Gasteiger partial charge >= 0.3 is 0 Å². The minimum atomic E-state index is -0.419. The second-order valence-electron chi connectivity index (χ2n) is 7.16. The number of fused-ring (bicyclic) bond motifs is 2. The van der Waals surface area contributed by atoms with Crippen molar-refractivity contribution in [2.75, 3.05) is 33.4 Å². The number of hydrogen-bond acceptors (Lipinski definition) is 4. The van der Waals surface area contributed by atoms with E-state index in [0.717, 1.165) is 30.8 Å². The third kappa shape index (κ3) is 2.16. The molecule has 24 heavy (non-hydrogen) atoms. The summed E-state index contributed by atoms with van der Waals surface area (Å²) in [6.07, 6.45) is 5.69. The van der Waals surface area contributed by atoms with Crippen LogP contribution in [0.2, 0.25) is 0 Å². The van der Waals surface area contributed by atoms with Crippen LogP contribution < -0.4 is 4.74 Å². The van der Waals surface area contributed by atoms with Gasteiger partial charge in [-0.1, -0.05) is 19.1 Å². The Balaban J connectivity index is 1.75. The first-order valence-electron chi connectivity index (χ1n) is 8.88. The van der Waals surface area contributed by atoms with Crippen LogP contribution in [-0.4, -0.2) is 49.6 Å². The first-order valence-corrected chi connectivity index (χ1v) is 8.88. The van der Waals surface area contributed by atoms with Crippen LogP contribution in [0.4, 0.5) is 0 Å². The average molecular weight is 327 g/mol. The van der Waals surface area contributed by atoms with Crippen molar-refractivity contribution in [3.8, 4) is 5.75 Å². The third-order valence-corrected chi connectivity index (χ3v) is 6.27. The molecule has 0 N–H and O–H groups in total. The summed E-state index contributed by atoms with van der Waals surface area (Å²) in [5, 5.41) is 0. The number of methoxy groups -OCH3 is 1. The van der Waals surface area contributed by atoms with Gasteiger partial charge in [-0.25, -0.2) is 0 Å². The number of rotatable bonds is 4. The van der Waals surface area contributed by atoms with E-state index in [-0.39, 0.29) is 5.78 Å². The number of ether oxygens (including phenoxy) is 2. The minimum absolute atomic E-state index is 0.261. The summed E-state index contributed by atoms with van der Waals surface area (Å²) in [5.74, 6) is 2.20. The number of allylic oxidation sites excluding steroid dienone is 1. The monoisotopic (exact) mass is 327 g/mol. The van der Waals surface area contributed by atoms with E-state index in [1.54, 1.807) is 7.11 Å². The molecule has 1 heterocycles. The Kier molecular flexibility index (Phi) is 3.97. The lowest BCUT2D eigenvalue weighted by Crippen LogP contribution is -2.63. The van der Waals surface area contributed by atoms with Gasteiger partial charge in [0.05, 0.1) is 25.9 Å². The number of ketones is 1. The molecule has 1 aliphatic heterocycles. The van der Waals surface area contributed by atoms with Gasteiger partial charge < -0.3 is 9.47 Å². The number of carbonyl (C=O) groups is 1. The molecule has 2 bridgehead atoms. The fourth-order valence-electron chi connectivity index (χ4n) is 5.04. The molecular formula is C20H25NO3. The zero-order valence-electron chi connectivity index (χ0n) is 14.4. The fraction of sp³-hybridized carbons (Fsp3) is 0.550. The average Bonchev–Trinajstić information content (AvgIpc) is 3.23. The molecule has 0 spiro atoms. The molecule has 4 unspecified atom stereocenters. The summed E-state index contributed by atoms with van der Waals surface area (Å²) in [6, 6.07) is 7.58. The molecular weight excluding hydrogens is 302 g/mol. The molecule has 3 aliphatic rings. The first kappa shape index (κ1) is 15.9. The van der Waals surface area contributed by atoms with E-state index >= 15 is 0 Å². The topological polar surface area (TPSA) is 38.8 Å². The Morgan fingerprint density at radius 2 is 1.92 bits per heavy atom. The Morgan fingerprint density at radius 3 is 2.50 bits per heavy atom. The maximum atomic E-state index is 13.7. The summed E-state index contributed by atoms with van der Waals surface area (Å²) in [7, 11) is 1.65. The van der Waals surface area contributed by atoms with Gasteiger partial charge in [-0.3, -0.25) is 9.69 Å². The Labute approximate surface area is 143 Å². The van der Waals surface area contributed by atoms with Crippen LogP contribution in [0.3, 0.4) is 0 Å². The van der Waals surface area contributed by atoms with Crippen molar-refractivity contribution < 1.29 is 14.3 Å². The summed E-state index contributed by atoms with van der Waals surface area (Å²) in [6.45, 7) is 5.36. The number of nitrogens with zero attached hydrogens (tertiary/aromatic N) is 1. The van der Waals surface area contributed by atoms with E-state index in [1.807, 2.05) is 24.3 Å². The molecule has 1 aromatic rings. The summed E-state index contributed by atoms with van der Waals surface area (Å²) in [4.78, 5) is 16.1. The zero-order valence-corrected chi connectivity index (χ0v) is 14.4. The second kappa shape index (κ2) is 6.01. The zero-order chi connectivity index (χ0) is 16.7. The van der Waals surface area contributed by atoms with Gasteiger partial charge in [-0.2, -0.15) is 0 Å². The van der Waals surface area contributed by atoms with Crippen LogP contribution in [0.1, 0.15) is 23.7 Å². The van der Waals surface area contributed by atoms with Crippen LogP contribution in [0.25, 0.3) is 0 Å². The van der Waals surface area contributed by atoms with E-state index in [4.69, 9.17) is 9.47 Å². The van der Waals surface area contributed by atoms with Crippen LogP contribution >= 0.6 is 0 Å². The standard InChI is InChI=1S/C20H25NO3/c1-14-16-3-6-17(13-16)20(14,21-9-11-24-12-10-21)19(22)15-4-7-18(23-2)8-5-15/h3-8,14,16-17H,9-13H2,1-2H3. The molecule has 4 atom stereocenters. The van der Waals surface area contributed by atoms with Crippen LogP contribution in [-0.2, 0) is 4.74 Å². The smallest absolute Gasteiger partial charge is 0.183 e. The molecule has 0 radical (unpaired) electrons. The quantitative estimate of drug-likeness (QED) is 0.630. The number of hydrogen-bond donors (Lipinski definition) is 0. The highest BCUT2D eigenvalue weighted by Gasteiger charge is 2.61. The Morgan fingerprint density at radius 1 is 1.21 bits per heavy atom. The van der Waals surface area contributed by atoms with Crippen molar-refractivity contribution in [3.05, 3.63) is 42.0 Å². The summed E-state index contributed by atoms with van der Waals surface area (Å²) < 4.78 is 10.8. The Hall–Kier alpha value is -1.65. The highest BCUT2D eigenvalue weighted by Crippen LogP contribution is 2.54. The maximum Gasteiger partial charge on any atom is 0.183 e. The second-order valence-corrected chi connectivity index (χ2v) is 7.16. The van der Waals surface area contributed by atoms with Crippen molar-refractivity contribution in [1.82, 2.24) is 4.90 Å². The third-order valence-electron chi connectivity index (χ3n) is 6.27. The van der Waals surface area contributed by atoms with Gasteiger partial charge in [0.1, 0.15) is 5.75 Å². The van der Waals surface area contributed by atoms with E-state index in [2.05, 4.69) is 24.0 Å². The highest BCUT2D eigenvalue weighted by molar-refractivity contribution is 6.04. The van der Waals surface area contributed by atoms with Crippen molar-refractivity contribution in [1.29, 1.82) is 0 Å². The van der Waals surface area contributed by atoms with E-state index < -0.39 is 5.54 Å². The molecule has 1 saturated carbocycles. The number of carbonyl (C=O) groups excluding carboxylic acids is 1. The normalized spacial score (nSPS) is 35.3. The molecule has 0 aromatic heterocycles. The lowest BCUT2D eigenvalue weighted by molar-refractivity contribution is -0.0373. The fourth-order valence-corrected chi connectivity index (χ4v) is 5.04. The van der Waals surface area contributed by atoms with Gasteiger partial charge in [0.15, 0.2) is 5.78 Å². The highest BCUT2D eigenvalue weighted by atomic mass is 16.5. The van der Waals surface area contributed by atoms with Gasteiger partial charge in [0.2, 0.25) is 0 Å². The molecule has 2 fully saturated rings. The van der Waals surface area contributed by atoms with E-state index in [0.29, 0.717) is 31.0 Å². The SMILES string of the molecule is COc1ccc(C(=O)C2(N3CCOCC3)C3C=CC(C3)C2C)cc1. The van der Waals surface area contributed by atoms with Gasteiger partial charge in [0.25, 0.3) is 0 Å². The number of Topliss-reactive ketones (excluding diaryl/α,β-unsaturated/α-hetero) is 1. The molecule has 128 valence electrons. The van der Waals surface area contributed by atoms with Crippen LogP contribution in [0.5, 0.6) is 5.75 Å². The summed E-state index contributed by atoms with van der Waals surface area (Å²) >= 11 is 0. The first-order chi connectivity index (χ1) is 11.7. The molecule has 1 aromatic carbocycles. The van der Waals surface area contributed by atoms with Crippen molar-refractivity contribution >= 4 is 5.78 Å². The lowest BCUT2D eigenvalue weighted by Gasteiger charge is -2.49. The van der Waals surface area contributed by atoms with Gasteiger partial charge in [-0.15, -0.1) is 0 Å². The number of morpholine rings is 1. The summed E-state index contributed by atoms with van der Waals surface area (Å²) in [5.41, 5.74) is 0.368. The molecule has 1 saturated heterocycles. The Bertz CT molecular complexity index is 647. The van der Waals surface area contributed by atoms with Crippen molar-refractivity contribution in [2.45, 2.75) is 18.9 Å². The largest absolute Gasteiger partial charge is 0.497 e. The van der Waals surface area contributed by atoms with E-state index in [1.165, 1.54) is 0 Å². The molecule has 4 rings (SSSR count). The van der Waals surface area contributed by atoms with Crippen LogP contribution in [0.15, 0.2) is 36.4 Å². The predicted molar refractivity (Wildman–Crippen MR) is 92.3 cm³/mol. The minimum Gasteiger partial charge on any atom is -0.497 e. The molecule has 2 aliphatic carbocycles. The molecule has 4 heteroatoms. The number of benzene rings is 1. The van der Waals surface area contributed by atoms with E-state index in [9.17, 15) is 4.79 Å².